The molecule has 0 rings (SSSR count). The van der Waals surface area contributed by atoms with Crippen LogP contribution in [0.3, 0.4) is 0 Å². The fourth-order valence-corrected chi connectivity index (χ4v) is 1.47. The molecular weight excluding hydrogens is 347 g/mol. The van der Waals surface area contributed by atoms with E-state index in [0.29, 0.717) is 6.08 Å². The van der Waals surface area contributed by atoms with Gasteiger partial charge < -0.3 is 4.74 Å². The van der Waals surface area contributed by atoms with Gasteiger partial charge in [-0.25, -0.2) is 4.79 Å². The first-order chi connectivity index (χ1) is 10.1. The Morgan fingerprint density at radius 1 is 1.04 bits per heavy atom. The summed E-state index contributed by atoms with van der Waals surface area (Å²) in [7, 11) is 0. The second-order valence-corrected chi connectivity index (χ2v) is 4.56. The van der Waals surface area contributed by atoms with Crippen LogP contribution in [0.1, 0.15) is 26.2 Å². The summed E-state index contributed by atoms with van der Waals surface area (Å²) in [6, 6.07) is 0. The summed E-state index contributed by atoms with van der Waals surface area (Å²) < 4.78 is 118. The highest BCUT2D eigenvalue weighted by atomic mass is 19.4. The van der Waals surface area contributed by atoms with Gasteiger partial charge in [-0.05, 0) is 12.8 Å². The molecule has 136 valence electrons. The van der Waals surface area contributed by atoms with Crippen molar-refractivity contribution in [1.29, 1.82) is 0 Å². The average molecular weight is 360 g/mol. The summed E-state index contributed by atoms with van der Waals surface area (Å²) >= 11 is 0. The number of carbonyl (C=O) groups is 1. The Hall–Kier alpha value is -1.42. The zero-order valence-electron chi connectivity index (χ0n) is 11.7. The quantitative estimate of drug-likeness (QED) is 0.355. The number of alkyl halides is 9. The van der Waals surface area contributed by atoms with E-state index in [1.165, 1.54) is 6.92 Å². The molecule has 0 heterocycles. The number of hydrogen-bond donors (Lipinski definition) is 0. The molecule has 0 radical (unpaired) electrons. The van der Waals surface area contributed by atoms with Crippen molar-refractivity contribution in [2.75, 3.05) is 0 Å². The maximum Gasteiger partial charge on any atom is 0.460 e. The van der Waals surface area contributed by atoms with Crippen LogP contribution in [0, 0.1) is 0 Å². The molecule has 0 amide bonds. The van der Waals surface area contributed by atoms with Crippen molar-refractivity contribution in [2.24, 2.45) is 0 Å². The molecule has 1 unspecified atom stereocenters. The summed E-state index contributed by atoms with van der Waals surface area (Å²) in [4.78, 5) is 10.8. The van der Waals surface area contributed by atoms with Crippen LogP contribution < -0.4 is 0 Å². The molecule has 0 fully saturated rings. The first kappa shape index (κ1) is 21.6. The minimum absolute atomic E-state index is 0.142. The van der Waals surface area contributed by atoms with E-state index >= 15 is 0 Å². The third-order valence-electron chi connectivity index (χ3n) is 2.89. The molecule has 0 aliphatic heterocycles. The Morgan fingerprint density at radius 3 is 1.87 bits per heavy atom. The molecule has 0 aromatic carbocycles. The van der Waals surface area contributed by atoms with Crippen molar-refractivity contribution < 1.29 is 49.0 Å². The summed E-state index contributed by atoms with van der Waals surface area (Å²) in [6.45, 7) is 4.30. The fourth-order valence-electron chi connectivity index (χ4n) is 1.47. The van der Waals surface area contributed by atoms with Crippen LogP contribution in [0.5, 0.6) is 0 Å². The minimum Gasteiger partial charge on any atom is -0.459 e. The molecule has 1 atom stereocenters. The maximum atomic E-state index is 13.3. The molecule has 0 bridgehead atoms. The van der Waals surface area contributed by atoms with E-state index in [2.05, 4.69) is 11.3 Å². The third kappa shape index (κ3) is 4.54. The Kier molecular flexibility index (Phi) is 6.56. The fraction of sp³-hybridized carbons (Fsp3) is 0.750. The van der Waals surface area contributed by atoms with E-state index in [1.807, 2.05) is 0 Å². The Labute approximate surface area is 125 Å². The maximum absolute atomic E-state index is 13.3. The molecule has 2 nitrogen and oxygen atoms in total. The summed E-state index contributed by atoms with van der Waals surface area (Å²) in [5, 5.41) is 0. The first-order valence-electron chi connectivity index (χ1n) is 6.17. The van der Waals surface area contributed by atoms with Gasteiger partial charge in [0.05, 0.1) is 0 Å². The number of hydrogen-bond acceptors (Lipinski definition) is 2. The molecule has 0 spiro atoms. The van der Waals surface area contributed by atoms with Crippen LogP contribution in [-0.2, 0) is 9.53 Å². The van der Waals surface area contributed by atoms with Crippen molar-refractivity contribution in [2.45, 2.75) is 56.2 Å². The molecule has 0 saturated heterocycles. The number of halogens is 9. The zero-order chi connectivity index (χ0) is 18.7. The average Bonchev–Trinajstić information content (AvgIpc) is 2.41. The Morgan fingerprint density at radius 2 is 1.52 bits per heavy atom. The van der Waals surface area contributed by atoms with E-state index < -0.39 is 48.9 Å². The molecule has 0 saturated carbocycles. The first-order valence-corrected chi connectivity index (χ1v) is 6.17. The van der Waals surface area contributed by atoms with Gasteiger partial charge in [0, 0.05) is 12.5 Å². The summed E-state index contributed by atoms with van der Waals surface area (Å²) in [5.74, 6) is -20.3. The second kappa shape index (κ2) is 7.00. The highest BCUT2D eigenvalue weighted by Crippen LogP contribution is 2.54. The molecule has 23 heavy (non-hydrogen) atoms. The molecule has 0 aromatic rings. The van der Waals surface area contributed by atoms with Gasteiger partial charge in [-0.2, -0.15) is 39.5 Å². The summed E-state index contributed by atoms with van der Waals surface area (Å²) in [5.41, 5.74) is 0. The van der Waals surface area contributed by atoms with Crippen molar-refractivity contribution in [3.8, 4) is 0 Å². The van der Waals surface area contributed by atoms with Gasteiger partial charge in [0.15, 0.2) is 0 Å². The van der Waals surface area contributed by atoms with Gasteiger partial charge in [0.1, 0.15) is 6.10 Å². The lowest BCUT2D eigenvalue weighted by atomic mass is 9.97. The topological polar surface area (TPSA) is 26.3 Å². The minimum atomic E-state index is -6.91. The monoisotopic (exact) mass is 360 g/mol. The number of esters is 1. The van der Waals surface area contributed by atoms with Gasteiger partial charge in [-0.15, -0.1) is 0 Å². The Bertz CT molecular complexity index is 429. The van der Waals surface area contributed by atoms with E-state index in [-0.39, 0.29) is 6.42 Å². The Balaban J connectivity index is 5.17. The predicted molar refractivity (Wildman–Crippen MR) is 60.5 cm³/mol. The van der Waals surface area contributed by atoms with E-state index in [9.17, 15) is 44.3 Å². The van der Waals surface area contributed by atoms with Crippen LogP contribution in [0.25, 0.3) is 0 Å². The number of rotatable bonds is 8. The van der Waals surface area contributed by atoms with Gasteiger partial charge in [-0.1, -0.05) is 13.5 Å². The second-order valence-electron chi connectivity index (χ2n) is 4.56. The molecule has 11 heteroatoms. The van der Waals surface area contributed by atoms with Crippen molar-refractivity contribution in [1.82, 2.24) is 0 Å². The molecule has 0 N–H and O–H groups in total. The van der Waals surface area contributed by atoms with Gasteiger partial charge in [0.2, 0.25) is 0 Å². The lowest BCUT2D eigenvalue weighted by molar-refractivity contribution is -0.397. The molecular formula is C12H13F9O2. The van der Waals surface area contributed by atoms with Crippen molar-refractivity contribution in [3.63, 3.8) is 0 Å². The zero-order valence-corrected chi connectivity index (χ0v) is 11.7. The molecule has 0 aromatic heterocycles. The van der Waals surface area contributed by atoms with Gasteiger partial charge in [0.25, 0.3) is 0 Å². The SMILES string of the molecule is C=CC(=O)OC(CC)CCC(F)(F)C(F)(F)C(F)(F)C(F)(F)F. The van der Waals surface area contributed by atoms with Crippen LogP contribution in [0.4, 0.5) is 39.5 Å². The van der Waals surface area contributed by atoms with Gasteiger partial charge >= 0.3 is 29.9 Å². The van der Waals surface area contributed by atoms with Gasteiger partial charge in [-0.3, -0.25) is 0 Å². The van der Waals surface area contributed by atoms with Crippen LogP contribution in [0.2, 0.25) is 0 Å². The van der Waals surface area contributed by atoms with Crippen molar-refractivity contribution >= 4 is 5.97 Å². The highest BCUT2D eigenvalue weighted by molar-refractivity contribution is 5.81. The van der Waals surface area contributed by atoms with Crippen molar-refractivity contribution in [3.05, 3.63) is 12.7 Å². The standard InChI is InChI=1S/C12H13F9O2/c1-3-7(23-8(22)4-2)5-6-9(13,14)10(15,16)11(17,18)12(19,20)21/h4,7H,2-3,5-6H2,1H3. The van der Waals surface area contributed by atoms with E-state index in [0.717, 1.165) is 0 Å². The van der Waals surface area contributed by atoms with E-state index in [4.69, 9.17) is 0 Å². The normalized spacial score (nSPS) is 15.2. The lowest BCUT2D eigenvalue weighted by Crippen LogP contribution is -2.60. The van der Waals surface area contributed by atoms with Crippen LogP contribution in [-0.4, -0.2) is 36.0 Å². The largest absolute Gasteiger partial charge is 0.460 e. The molecule has 0 aliphatic carbocycles. The lowest BCUT2D eigenvalue weighted by Gasteiger charge is -2.34. The predicted octanol–water partition coefficient (Wildman–Crippen LogP) is 4.74. The highest BCUT2D eigenvalue weighted by Gasteiger charge is 2.81. The van der Waals surface area contributed by atoms with Crippen LogP contribution >= 0.6 is 0 Å². The number of carbonyl (C=O) groups excluding carboxylic acids is 1. The third-order valence-corrected chi connectivity index (χ3v) is 2.89. The summed E-state index contributed by atoms with van der Waals surface area (Å²) in [6.07, 6.45) is -10.8. The van der Waals surface area contributed by atoms with E-state index in [1.54, 1.807) is 0 Å². The smallest absolute Gasteiger partial charge is 0.459 e. The molecule has 0 aliphatic rings. The van der Waals surface area contributed by atoms with Crippen LogP contribution in [0.15, 0.2) is 12.7 Å². The number of ether oxygens (including phenoxy) is 1.